The van der Waals surface area contributed by atoms with E-state index in [1.165, 1.54) is 4.90 Å². The van der Waals surface area contributed by atoms with E-state index in [4.69, 9.17) is 10.8 Å². The summed E-state index contributed by atoms with van der Waals surface area (Å²) < 4.78 is 0. The van der Waals surface area contributed by atoms with Crippen molar-refractivity contribution in [2.75, 3.05) is 6.54 Å². The number of carbonyl (C=O) groups is 3. The molecular weight excluding hydrogens is 238 g/mol. The Bertz CT molecular complexity index is 319. The fraction of sp³-hybridized carbons (Fsp3) is 0.727. The highest BCUT2D eigenvalue weighted by atomic mass is 16.4. The third-order valence-electron chi connectivity index (χ3n) is 2.73. The molecule has 7 heteroatoms. The number of carboxylic acid groups (broad SMARTS) is 1. The Morgan fingerprint density at radius 1 is 1.33 bits per heavy atom. The number of aliphatic carboxylic acids is 1. The zero-order valence-corrected chi connectivity index (χ0v) is 11.0. The smallest absolute Gasteiger partial charge is 0.326 e. The number of nitrogens with zero attached hydrogens (tertiary/aromatic N) is 1. The van der Waals surface area contributed by atoms with Crippen LogP contribution in [0.5, 0.6) is 0 Å². The Hall–Kier alpha value is -1.79. The molecule has 0 rings (SSSR count). The summed E-state index contributed by atoms with van der Waals surface area (Å²) in [6.07, 6.45) is 0.341. The van der Waals surface area contributed by atoms with Crippen LogP contribution < -0.4 is 11.1 Å². The van der Waals surface area contributed by atoms with Gasteiger partial charge in [0, 0.05) is 12.6 Å². The fourth-order valence-corrected chi connectivity index (χ4v) is 1.51. The molecule has 0 heterocycles. The van der Waals surface area contributed by atoms with Gasteiger partial charge in [0.15, 0.2) is 0 Å². The summed E-state index contributed by atoms with van der Waals surface area (Å²) in [6.45, 7) is 6.06. The first-order valence-electron chi connectivity index (χ1n) is 5.91. The van der Waals surface area contributed by atoms with Crippen LogP contribution in [0, 0.1) is 0 Å². The molecule has 18 heavy (non-hydrogen) atoms. The van der Waals surface area contributed by atoms with Crippen molar-refractivity contribution in [1.29, 1.82) is 0 Å². The topological polar surface area (TPSA) is 113 Å². The third-order valence-corrected chi connectivity index (χ3v) is 2.73. The Labute approximate surface area is 106 Å². The molecule has 1 unspecified atom stereocenters. The van der Waals surface area contributed by atoms with Crippen LogP contribution >= 0.6 is 0 Å². The summed E-state index contributed by atoms with van der Waals surface area (Å²) >= 11 is 0. The molecule has 0 aliphatic carbocycles. The van der Waals surface area contributed by atoms with Crippen molar-refractivity contribution in [3.05, 3.63) is 0 Å². The molecule has 0 saturated carbocycles. The molecule has 0 aromatic heterocycles. The Morgan fingerprint density at radius 3 is 2.22 bits per heavy atom. The van der Waals surface area contributed by atoms with Crippen LogP contribution in [0.1, 0.15) is 33.6 Å². The number of nitrogens with one attached hydrogen (secondary N) is 1. The van der Waals surface area contributed by atoms with Crippen LogP contribution in [-0.2, 0) is 9.59 Å². The lowest BCUT2D eigenvalue weighted by molar-refractivity contribution is -0.141. The van der Waals surface area contributed by atoms with Crippen molar-refractivity contribution in [1.82, 2.24) is 10.2 Å². The van der Waals surface area contributed by atoms with Gasteiger partial charge >= 0.3 is 12.0 Å². The van der Waals surface area contributed by atoms with E-state index in [1.54, 1.807) is 6.92 Å². The summed E-state index contributed by atoms with van der Waals surface area (Å²) in [4.78, 5) is 35.0. The first-order valence-corrected chi connectivity index (χ1v) is 5.91. The number of carboxylic acids is 1. The molecule has 4 N–H and O–H groups in total. The van der Waals surface area contributed by atoms with E-state index in [2.05, 4.69) is 5.32 Å². The molecule has 7 nitrogen and oxygen atoms in total. The van der Waals surface area contributed by atoms with E-state index in [0.29, 0.717) is 6.54 Å². The minimum Gasteiger partial charge on any atom is -0.480 e. The number of hydrogen-bond acceptors (Lipinski definition) is 3. The summed E-state index contributed by atoms with van der Waals surface area (Å²) in [5, 5.41) is 11.2. The monoisotopic (exact) mass is 259 g/mol. The molecule has 3 amide bonds. The number of urea groups is 1. The molecule has 104 valence electrons. The van der Waals surface area contributed by atoms with Crippen LogP contribution in [0.15, 0.2) is 0 Å². The van der Waals surface area contributed by atoms with Gasteiger partial charge < -0.3 is 21.1 Å². The normalized spacial score (nSPS) is 13.5. The largest absolute Gasteiger partial charge is 0.480 e. The lowest BCUT2D eigenvalue weighted by Crippen LogP contribution is -2.51. The van der Waals surface area contributed by atoms with Crippen molar-refractivity contribution in [2.24, 2.45) is 5.73 Å². The predicted molar refractivity (Wildman–Crippen MR) is 65.9 cm³/mol. The molecule has 0 spiro atoms. The van der Waals surface area contributed by atoms with E-state index >= 15 is 0 Å². The molecule has 0 radical (unpaired) electrons. The van der Waals surface area contributed by atoms with Crippen LogP contribution in [-0.4, -0.2) is 46.5 Å². The van der Waals surface area contributed by atoms with Crippen LogP contribution in [0.2, 0.25) is 0 Å². The molecule has 0 aliphatic rings. The minimum atomic E-state index is -1.28. The Kier molecular flexibility index (Phi) is 6.77. The summed E-state index contributed by atoms with van der Waals surface area (Å²) in [6, 6.07) is -1.79. The van der Waals surface area contributed by atoms with Gasteiger partial charge in [-0.15, -0.1) is 0 Å². The van der Waals surface area contributed by atoms with Gasteiger partial charge in [0.2, 0.25) is 5.91 Å². The maximum absolute atomic E-state index is 11.9. The first kappa shape index (κ1) is 16.2. The van der Waals surface area contributed by atoms with E-state index in [9.17, 15) is 14.4 Å². The SMILES string of the molecule is CCC(C)N(CC)C(=O)N[C@@H](CC(N)=O)C(=O)O. The lowest BCUT2D eigenvalue weighted by atomic mass is 10.2. The van der Waals surface area contributed by atoms with Gasteiger partial charge in [0.05, 0.1) is 6.42 Å². The maximum Gasteiger partial charge on any atom is 0.326 e. The number of hydrogen-bond donors (Lipinski definition) is 3. The zero-order chi connectivity index (χ0) is 14.3. The summed E-state index contributed by atoms with van der Waals surface area (Å²) in [7, 11) is 0. The van der Waals surface area contributed by atoms with Crippen molar-refractivity contribution in [3.63, 3.8) is 0 Å². The second-order valence-electron chi connectivity index (χ2n) is 4.05. The van der Waals surface area contributed by atoms with Crippen molar-refractivity contribution in [3.8, 4) is 0 Å². The van der Waals surface area contributed by atoms with E-state index in [1.807, 2.05) is 13.8 Å². The van der Waals surface area contributed by atoms with Gasteiger partial charge in [-0.25, -0.2) is 9.59 Å². The maximum atomic E-state index is 11.9. The number of primary amides is 1. The highest BCUT2D eigenvalue weighted by Crippen LogP contribution is 2.04. The zero-order valence-electron chi connectivity index (χ0n) is 11.0. The van der Waals surface area contributed by atoms with Crippen molar-refractivity contribution in [2.45, 2.75) is 45.7 Å². The van der Waals surface area contributed by atoms with E-state index in [0.717, 1.165) is 6.42 Å². The molecule has 0 saturated heterocycles. The Morgan fingerprint density at radius 2 is 1.89 bits per heavy atom. The molecule has 0 aliphatic heterocycles. The molecule has 2 atom stereocenters. The van der Waals surface area contributed by atoms with Gasteiger partial charge in [0.25, 0.3) is 0 Å². The molecular formula is C11H21N3O4. The van der Waals surface area contributed by atoms with Crippen LogP contribution in [0.3, 0.4) is 0 Å². The number of carbonyl (C=O) groups excluding carboxylic acids is 2. The van der Waals surface area contributed by atoms with Gasteiger partial charge in [-0.1, -0.05) is 6.92 Å². The highest BCUT2D eigenvalue weighted by molar-refractivity contribution is 5.87. The van der Waals surface area contributed by atoms with Crippen molar-refractivity contribution < 1.29 is 19.5 Å². The molecule has 0 aromatic rings. The quantitative estimate of drug-likeness (QED) is 0.603. The van der Waals surface area contributed by atoms with Crippen LogP contribution in [0.4, 0.5) is 4.79 Å². The fourth-order valence-electron chi connectivity index (χ4n) is 1.51. The third kappa shape index (κ3) is 5.03. The second kappa shape index (κ2) is 7.52. The predicted octanol–water partition coefficient (Wildman–Crippen LogP) is 0.145. The summed E-state index contributed by atoms with van der Waals surface area (Å²) in [5.74, 6) is -2.04. The van der Waals surface area contributed by atoms with Crippen molar-refractivity contribution >= 4 is 17.9 Å². The number of nitrogens with two attached hydrogens (primary N) is 1. The molecule has 0 fully saturated rings. The first-order chi connectivity index (χ1) is 8.33. The number of rotatable bonds is 7. The van der Waals surface area contributed by atoms with Gasteiger partial charge in [0.1, 0.15) is 6.04 Å². The van der Waals surface area contributed by atoms with Gasteiger partial charge in [-0.05, 0) is 20.3 Å². The summed E-state index contributed by atoms with van der Waals surface area (Å²) in [5.41, 5.74) is 4.93. The number of amides is 3. The highest BCUT2D eigenvalue weighted by Gasteiger charge is 2.25. The van der Waals surface area contributed by atoms with Crippen LogP contribution in [0.25, 0.3) is 0 Å². The lowest BCUT2D eigenvalue weighted by Gasteiger charge is -2.28. The second-order valence-corrected chi connectivity index (χ2v) is 4.05. The molecule has 0 aromatic carbocycles. The van der Waals surface area contributed by atoms with Gasteiger partial charge in [-0.3, -0.25) is 4.79 Å². The standard InChI is InChI=1S/C11H21N3O4/c1-4-7(3)14(5-2)11(18)13-8(10(16)17)6-9(12)15/h7-8H,4-6H2,1-3H3,(H2,12,15)(H,13,18)(H,16,17)/t7?,8-/m0/s1. The van der Waals surface area contributed by atoms with E-state index < -0.39 is 30.4 Å². The molecule has 0 bridgehead atoms. The van der Waals surface area contributed by atoms with Gasteiger partial charge in [-0.2, -0.15) is 0 Å². The van der Waals surface area contributed by atoms with E-state index in [-0.39, 0.29) is 6.04 Å². The minimum absolute atomic E-state index is 0.00183. The average molecular weight is 259 g/mol. The Balaban J connectivity index is 4.66. The average Bonchev–Trinajstić information content (AvgIpc) is 2.27.